The molecule has 1 aromatic heterocycles. The van der Waals surface area contributed by atoms with Gasteiger partial charge in [-0.1, -0.05) is 43.3 Å². The fourth-order valence-corrected chi connectivity index (χ4v) is 3.15. The second-order valence-electron chi connectivity index (χ2n) is 6.96. The Balaban J connectivity index is 1.63. The molecule has 0 saturated carbocycles. The Kier molecular flexibility index (Phi) is 6.22. The molecule has 3 rings (SSSR count). The van der Waals surface area contributed by atoms with E-state index in [1.54, 1.807) is 44.3 Å². The molecule has 0 fully saturated rings. The molecule has 0 saturated heterocycles. The number of benzene rings is 2. The second-order valence-corrected chi connectivity index (χ2v) is 6.96. The van der Waals surface area contributed by atoms with Crippen LogP contribution in [0.4, 0.5) is 0 Å². The van der Waals surface area contributed by atoms with Gasteiger partial charge in [0.2, 0.25) is 5.78 Å². The predicted octanol–water partition coefficient (Wildman–Crippen LogP) is 3.24. The predicted molar refractivity (Wildman–Crippen MR) is 111 cm³/mol. The standard InChI is InChI=1S/C23H24N2O4/c1-4-16-9-11-17(12-10-16)22(27)15(2)29-21(26)14-13-20-24-19-8-6-5-7-18(19)23(28)25(20)3/h5-12,15H,4,13-14H2,1-3H3. The number of hydrogen-bond donors (Lipinski definition) is 0. The van der Waals surface area contributed by atoms with E-state index in [1.807, 2.05) is 25.1 Å². The molecule has 0 aliphatic heterocycles. The van der Waals surface area contributed by atoms with Gasteiger partial charge in [-0.3, -0.25) is 19.0 Å². The van der Waals surface area contributed by atoms with Crippen LogP contribution in [0.15, 0.2) is 53.3 Å². The minimum Gasteiger partial charge on any atom is -0.454 e. The summed E-state index contributed by atoms with van der Waals surface area (Å²) in [6, 6.07) is 14.4. The topological polar surface area (TPSA) is 78.3 Å². The van der Waals surface area contributed by atoms with E-state index in [1.165, 1.54) is 4.57 Å². The molecule has 1 atom stereocenters. The number of para-hydroxylation sites is 1. The van der Waals surface area contributed by atoms with Crippen molar-refractivity contribution in [3.8, 4) is 0 Å². The molecule has 0 radical (unpaired) electrons. The number of aryl methyl sites for hydroxylation is 2. The number of ether oxygens (including phenoxy) is 1. The van der Waals surface area contributed by atoms with E-state index < -0.39 is 12.1 Å². The molecule has 0 bridgehead atoms. The Morgan fingerprint density at radius 3 is 2.48 bits per heavy atom. The molecule has 150 valence electrons. The molecular weight excluding hydrogens is 368 g/mol. The third-order valence-corrected chi connectivity index (χ3v) is 4.95. The minimum absolute atomic E-state index is 0.0328. The van der Waals surface area contributed by atoms with Crippen molar-refractivity contribution in [3.05, 3.63) is 75.8 Å². The fourth-order valence-electron chi connectivity index (χ4n) is 3.15. The highest BCUT2D eigenvalue weighted by Crippen LogP contribution is 2.12. The Labute approximate surface area is 169 Å². The molecule has 0 aliphatic rings. The Bertz CT molecular complexity index is 1100. The van der Waals surface area contributed by atoms with Gasteiger partial charge in [-0.05, 0) is 31.0 Å². The van der Waals surface area contributed by atoms with Crippen LogP contribution in [0.1, 0.15) is 42.0 Å². The molecule has 3 aromatic rings. The zero-order chi connectivity index (χ0) is 21.0. The van der Waals surface area contributed by atoms with Crippen molar-refractivity contribution in [2.45, 2.75) is 39.2 Å². The van der Waals surface area contributed by atoms with Gasteiger partial charge in [0.05, 0.1) is 17.3 Å². The number of hydrogen-bond acceptors (Lipinski definition) is 5. The van der Waals surface area contributed by atoms with Gasteiger partial charge in [-0.25, -0.2) is 4.98 Å². The van der Waals surface area contributed by atoms with Crippen LogP contribution in [0.2, 0.25) is 0 Å². The van der Waals surface area contributed by atoms with Crippen molar-refractivity contribution in [1.82, 2.24) is 9.55 Å². The number of rotatable bonds is 7. The van der Waals surface area contributed by atoms with Crippen molar-refractivity contribution < 1.29 is 14.3 Å². The summed E-state index contributed by atoms with van der Waals surface area (Å²) in [7, 11) is 1.63. The molecule has 0 spiro atoms. The zero-order valence-corrected chi connectivity index (χ0v) is 16.8. The lowest BCUT2D eigenvalue weighted by Gasteiger charge is -2.13. The molecular formula is C23H24N2O4. The lowest BCUT2D eigenvalue weighted by Crippen LogP contribution is -2.26. The largest absolute Gasteiger partial charge is 0.454 e. The van der Waals surface area contributed by atoms with E-state index in [9.17, 15) is 14.4 Å². The van der Waals surface area contributed by atoms with Gasteiger partial charge >= 0.3 is 5.97 Å². The smallest absolute Gasteiger partial charge is 0.306 e. The average Bonchev–Trinajstić information content (AvgIpc) is 2.74. The molecule has 6 heteroatoms. The SMILES string of the molecule is CCc1ccc(C(=O)C(C)OC(=O)CCc2nc3ccccc3c(=O)n2C)cc1. The maximum atomic E-state index is 12.5. The Morgan fingerprint density at radius 2 is 1.79 bits per heavy atom. The minimum atomic E-state index is -0.872. The number of Topliss-reactive ketones (excluding diaryl/α,β-unsaturated/α-hetero) is 1. The molecule has 0 aliphatic carbocycles. The summed E-state index contributed by atoms with van der Waals surface area (Å²) < 4.78 is 6.74. The van der Waals surface area contributed by atoms with Crippen molar-refractivity contribution in [2.75, 3.05) is 0 Å². The van der Waals surface area contributed by atoms with E-state index in [2.05, 4.69) is 4.98 Å². The number of nitrogens with zero attached hydrogens (tertiary/aromatic N) is 2. The third-order valence-electron chi connectivity index (χ3n) is 4.95. The Morgan fingerprint density at radius 1 is 1.10 bits per heavy atom. The van der Waals surface area contributed by atoms with E-state index in [0.717, 1.165) is 12.0 Å². The number of ketones is 1. The van der Waals surface area contributed by atoms with E-state index in [0.29, 0.717) is 22.3 Å². The molecule has 0 amide bonds. The summed E-state index contributed by atoms with van der Waals surface area (Å²) in [4.78, 5) is 41.6. The molecule has 6 nitrogen and oxygen atoms in total. The van der Waals surface area contributed by atoms with Crippen LogP contribution in [-0.2, 0) is 29.4 Å². The molecule has 0 N–H and O–H groups in total. The van der Waals surface area contributed by atoms with E-state index >= 15 is 0 Å². The first-order valence-corrected chi connectivity index (χ1v) is 9.68. The average molecular weight is 392 g/mol. The van der Waals surface area contributed by atoms with Crippen molar-refractivity contribution in [2.24, 2.45) is 7.05 Å². The van der Waals surface area contributed by atoms with Gasteiger partial charge in [0.1, 0.15) is 5.82 Å². The summed E-state index contributed by atoms with van der Waals surface area (Å²) in [6.07, 6.45) is 0.306. The molecule has 29 heavy (non-hydrogen) atoms. The molecule has 1 heterocycles. The van der Waals surface area contributed by atoms with Crippen LogP contribution in [0, 0.1) is 0 Å². The molecule has 1 unspecified atom stereocenters. The van der Waals surface area contributed by atoms with Crippen LogP contribution in [0.3, 0.4) is 0 Å². The quantitative estimate of drug-likeness (QED) is 0.456. The normalized spacial score (nSPS) is 12.0. The van der Waals surface area contributed by atoms with Crippen molar-refractivity contribution >= 4 is 22.7 Å². The van der Waals surface area contributed by atoms with Crippen LogP contribution >= 0.6 is 0 Å². The summed E-state index contributed by atoms with van der Waals surface area (Å²) in [5.41, 5.74) is 2.09. The maximum Gasteiger partial charge on any atom is 0.306 e. The lowest BCUT2D eigenvalue weighted by molar-refractivity contribution is -0.146. The number of carbonyl (C=O) groups is 2. The first-order valence-electron chi connectivity index (χ1n) is 9.68. The molecule has 2 aromatic carbocycles. The van der Waals surface area contributed by atoms with Crippen LogP contribution in [0.25, 0.3) is 10.9 Å². The first kappa shape index (κ1) is 20.5. The second kappa shape index (κ2) is 8.82. The van der Waals surface area contributed by atoms with Gasteiger partial charge < -0.3 is 4.74 Å². The number of esters is 1. The van der Waals surface area contributed by atoms with Gasteiger partial charge in [0.15, 0.2) is 6.10 Å². The monoisotopic (exact) mass is 392 g/mol. The van der Waals surface area contributed by atoms with Crippen LogP contribution < -0.4 is 5.56 Å². The third kappa shape index (κ3) is 4.59. The van der Waals surface area contributed by atoms with Crippen molar-refractivity contribution in [3.63, 3.8) is 0 Å². The van der Waals surface area contributed by atoms with Crippen LogP contribution in [-0.4, -0.2) is 27.4 Å². The number of carbonyl (C=O) groups excluding carboxylic acids is 2. The summed E-state index contributed by atoms with van der Waals surface area (Å²) in [5.74, 6) is -0.240. The van der Waals surface area contributed by atoms with E-state index in [-0.39, 0.29) is 24.2 Å². The highest BCUT2D eigenvalue weighted by atomic mass is 16.5. The number of aromatic nitrogens is 2. The summed E-state index contributed by atoms with van der Waals surface area (Å²) in [5, 5.41) is 0.537. The first-order chi connectivity index (χ1) is 13.9. The van der Waals surface area contributed by atoms with Gasteiger partial charge in [0.25, 0.3) is 5.56 Å². The van der Waals surface area contributed by atoms with Gasteiger partial charge in [0, 0.05) is 19.0 Å². The summed E-state index contributed by atoms with van der Waals surface area (Å²) in [6.45, 7) is 3.61. The highest BCUT2D eigenvalue weighted by molar-refractivity contribution is 6.00. The lowest BCUT2D eigenvalue weighted by atomic mass is 10.0. The zero-order valence-electron chi connectivity index (χ0n) is 16.8. The van der Waals surface area contributed by atoms with Gasteiger partial charge in [-0.15, -0.1) is 0 Å². The number of fused-ring (bicyclic) bond motifs is 1. The Hall–Kier alpha value is -3.28. The summed E-state index contributed by atoms with van der Waals surface area (Å²) >= 11 is 0. The highest BCUT2D eigenvalue weighted by Gasteiger charge is 2.20. The van der Waals surface area contributed by atoms with Crippen LogP contribution in [0.5, 0.6) is 0 Å². The van der Waals surface area contributed by atoms with Crippen molar-refractivity contribution in [1.29, 1.82) is 0 Å². The fraction of sp³-hybridized carbons (Fsp3) is 0.304. The van der Waals surface area contributed by atoms with E-state index in [4.69, 9.17) is 4.74 Å². The van der Waals surface area contributed by atoms with Gasteiger partial charge in [-0.2, -0.15) is 0 Å². The maximum absolute atomic E-state index is 12.5.